The maximum Gasteiger partial charge on any atom is 0.251 e. The van der Waals surface area contributed by atoms with E-state index in [0.29, 0.717) is 25.3 Å². The van der Waals surface area contributed by atoms with Crippen molar-refractivity contribution in [3.8, 4) is 0 Å². The van der Waals surface area contributed by atoms with Crippen molar-refractivity contribution in [2.24, 2.45) is 0 Å². The Morgan fingerprint density at radius 2 is 1.74 bits per heavy atom. The number of amides is 2. The lowest BCUT2D eigenvalue weighted by atomic mass is 10.2. The van der Waals surface area contributed by atoms with Gasteiger partial charge in [0, 0.05) is 38.1 Å². The minimum Gasteiger partial charge on any atom is -0.385 e. The molecule has 6 heteroatoms. The number of methoxy groups -OCH3 is 1. The van der Waals surface area contributed by atoms with Gasteiger partial charge < -0.3 is 20.7 Å². The molecule has 0 radical (unpaired) electrons. The van der Waals surface area contributed by atoms with Crippen LogP contribution in [0.4, 0.5) is 5.69 Å². The summed E-state index contributed by atoms with van der Waals surface area (Å²) in [5.41, 5.74) is 1.43. The smallest absolute Gasteiger partial charge is 0.251 e. The Morgan fingerprint density at radius 3 is 2.39 bits per heavy atom. The molecule has 0 spiro atoms. The molecule has 0 aliphatic heterocycles. The zero-order valence-corrected chi connectivity index (χ0v) is 14.0. The third-order valence-corrected chi connectivity index (χ3v) is 3.26. The van der Waals surface area contributed by atoms with Gasteiger partial charge in [-0.2, -0.15) is 0 Å². The van der Waals surface area contributed by atoms with Gasteiger partial charge in [0.25, 0.3) is 5.91 Å². The van der Waals surface area contributed by atoms with E-state index in [0.717, 1.165) is 24.9 Å². The molecule has 1 rings (SSSR count). The average molecular weight is 321 g/mol. The number of benzene rings is 1. The Kier molecular flexibility index (Phi) is 9.47. The largest absolute Gasteiger partial charge is 0.385 e. The van der Waals surface area contributed by atoms with E-state index in [1.807, 2.05) is 0 Å². The second-order valence-corrected chi connectivity index (χ2v) is 5.24. The SMILES string of the molecule is CCCCNC(=O)c1ccc(NCC(=O)NCCCOC)cc1. The van der Waals surface area contributed by atoms with Crippen molar-refractivity contribution in [2.75, 3.05) is 38.7 Å². The Bertz CT molecular complexity index is 474. The first-order valence-corrected chi connectivity index (χ1v) is 8.05. The molecule has 0 heterocycles. The Morgan fingerprint density at radius 1 is 1.04 bits per heavy atom. The summed E-state index contributed by atoms with van der Waals surface area (Å²) in [4.78, 5) is 23.5. The minimum atomic E-state index is -0.0686. The number of carbonyl (C=O) groups is 2. The molecule has 0 saturated carbocycles. The molecule has 3 N–H and O–H groups in total. The van der Waals surface area contributed by atoms with Gasteiger partial charge in [0.15, 0.2) is 0 Å². The van der Waals surface area contributed by atoms with Crippen molar-refractivity contribution in [3.63, 3.8) is 0 Å². The second kappa shape index (κ2) is 11.5. The van der Waals surface area contributed by atoms with Gasteiger partial charge in [-0.3, -0.25) is 9.59 Å². The standard InChI is InChI=1S/C17H27N3O3/c1-3-4-10-19-17(22)14-6-8-15(9-7-14)20-13-16(21)18-11-5-12-23-2/h6-9,20H,3-5,10-13H2,1-2H3,(H,18,21)(H,19,22). The van der Waals surface area contributed by atoms with E-state index in [2.05, 4.69) is 22.9 Å². The minimum absolute atomic E-state index is 0.0671. The molecule has 0 bridgehead atoms. The summed E-state index contributed by atoms with van der Waals surface area (Å²) < 4.78 is 4.91. The number of hydrogen-bond donors (Lipinski definition) is 3. The summed E-state index contributed by atoms with van der Waals surface area (Å²) >= 11 is 0. The fourth-order valence-electron chi connectivity index (χ4n) is 1.91. The topological polar surface area (TPSA) is 79.5 Å². The zero-order valence-electron chi connectivity index (χ0n) is 14.0. The van der Waals surface area contributed by atoms with E-state index < -0.39 is 0 Å². The van der Waals surface area contributed by atoms with E-state index in [9.17, 15) is 9.59 Å². The predicted octanol–water partition coefficient (Wildman–Crippen LogP) is 1.78. The van der Waals surface area contributed by atoms with Gasteiger partial charge in [-0.1, -0.05) is 13.3 Å². The summed E-state index contributed by atoms with van der Waals surface area (Å²) in [5.74, 6) is -0.136. The maximum absolute atomic E-state index is 11.9. The van der Waals surface area contributed by atoms with E-state index in [1.54, 1.807) is 31.4 Å². The molecule has 0 aromatic heterocycles. The summed E-state index contributed by atoms with van der Waals surface area (Å²) in [6.07, 6.45) is 2.83. The Hall–Kier alpha value is -2.08. The lowest BCUT2D eigenvalue weighted by Crippen LogP contribution is -2.31. The third kappa shape index (κ3) is 8.21. The summed E-state index contributed by atoms with van der Waals surface area (Å²) in [7, 11) is 1.64. The highest BCUT2D eigenvalue weighted by molar-refractivity contribution is 5.94. The molecule has 0 fully saturated rings. The molecule has 0 unspecified atom stereocenters. The lowest BCUT2D eigenvalue weighted by molar-refractivity contribution is -0.119. The molecule has 23 heavy (non-hydrogen) atoms. The summed E-state index contributed by atoms with van der Waals surface area (Å²) in [6.45, 7) is 4.22. The van der Waals surface area contributed by atoms with Crippen LogP contribution in [0.5, 0.6) is 0 Å². The summed E-state index contributed by atoms with van der Waals surface area (Å²) in [5, 5.41) is 8.70. The number of ether oxygens (including phenoxy) is 1. The molecule has 0 saturated heterocycles. The molecule has 1 aromatic rings. The number of anilines is 1. The monoisotopic (exact) mass is 321 g/mol. The Labute approximate surface area is 138 Å². The number of carbonyl (C=O) groups excluding carboxylic acids is 2. The van der Waals surface area contributed by atoms with Crippen molar-refractivity contribution in [2.45, 2.75) is 26.2 Å². The van der Waals surface area contributed by atoms with Gasteiger partial charge in [-0.25, -0.2) is 0 Å². The molecule has 6 nitrogen and oxygen atoms in total. The van der Waals surface area contributed by atoms with Gasteiger partial charge in [0.05, 0.1) is 6.54 Å². The van der Waals surface area contributed by atoms with E-state index >= 15 is 0 Å². The van der Waals surface area contributed by atoms with Crippen LogP contribution in [-0.4, -0.2) is 45.2 Å². The van der Waals surface area contributed by atoms with E-state index in [-0.39, 0.29) is 18.4 Å². The second-order valence-electron chi connectivity index (χ2n) is 5.24. The van der Waals surface area contributed by atoms with Gasteiger partial charge in [0.2, 0.25) is 5.91 Å². The molecular formula is C17H27N3O3. The summed E-state index contributed by atoms with van der Waals surface area (Å²) in [6, 6.07) is 7.10. The molecule has 0 aliphatic carbocycles. The molecule has 0 aliphatic rings. The van der Waals surface area contributed by atoms with Crippen LogP contribution in [0.2, 0.25) is 0 Å². The fraction of sp³-hybridized carbons (Fsp3) is 0.529. The molecular weight excluding hydrogens is 294 g/mol. The van der Waals surface area contributed by atoms with Crippen molar-refractivity contribution >= 4 is 17.5 Å². The van der Waals surface area contributed by atoms with Crippen molar-refractivity contribution < 1.29 is 14.3 Å². The van der Waals surface area contributed by atoms with Gasteiger partial charge >= 0.3 is 0 Å². The number of nitrogens with one attached hydrogen (secondary N) is 3. The van der Waals surface area contributed by atoms with Crippen LogP contribution in [0.1, 0.15) is 36.5 Å². The molecule has 0 atom stereocenters. The first-order valence-electron chi connectivity index (χ1n) is 8.05. The molecule has 1 aromatic carbocycles. The Balaban J connectivity index is 2.30. The van der Waals surface area contributed by atoms with Crippen molar-refractivity contribution in [1.82, 2.24) is 10.6 Å². The first-order chi connectivity index (χ1) is 11.2. The maximum atomic E-state index is 11.9. The fourth-order valence-corrected chi connectivity index (χ4v) is 1.91. The number of unbranched alkanes of at least 4 members (excludes halogenated alkanes) is 1. The normalized spacial score (nSPS) is 10.2. The third-order valence-electron chi connectivity index (χ3n) is 3.26. The zero-order chi connectivity index (χ0) is 16.9. The highest BCUT2D eigenvalue weighted by Crippen LogP contribution is 2.09. The average Bonchev–Trinajstić information content (AvgIpc) is 2.57. The van der Waals surface area contributed by atoms with E-state index in [4.69, 9.17) is 4.74 Å². The van der Waals surface area contributed by atoms with Crippen molar-refractivity contribution in [3.05, 3.63) is 29.8 Å². The lowest BCUT2D eigenvalue weighted by Gasteiger charge is -2.09. The van der Waals surface area contributed by atoms with Crippen LogP contribution in [0, 0.1) is 0 Å². The number of hydrogen-bond acceptors (Lipinski definition) is 4. The first kappa shape index (κ1) is 19.0. The predicted molar refractivity (Wildman–Crippen MR) is 91.7 cm³/mol. The van der Waals surface area contributed by atoms with Crippen LogP contribution in [0.25, 0.3) is 0 Å². The molecule has 128 valence electrons. The van der Waals surface area contributed by atoms with Crippen LogP contribution in [0.3, 0.4) is 0 Å². The van der Waals surface area contributed by atoms with Crippen molar-refractivity contribution in [1.29, 1.82) is 0 Å². The van der Waals surface area contributed by atoms with E-state index in [1.165, 1.54) is 0 Å². The van der Waals surface area contributed by atoms with Crippen LogP contribution in [0.15, 0.2) is 24.3 Å². The molecule has 2 amide bonds. The quantitative estimate of drug-likeness (QED) is 0.543. The highest BCUT2D eigenvalue weighted by Gasteiger charge is 2.05. The number of rotatable bonds is 11. The van der Waals surface area contributed by atoms with Crippen LogP contribution < -0.4 is 16.0 Å². The van der Waals surface area contributed by atoms with Crippen LogP contribution in [-0.2, 0) is 9.53 Å². The highest BCUT2D eigenvalue weighted by atomic mass is 16.5. The van der Waals surface area contributed by atoms with Gasteiger partial charge in [0.1, 0.15) is 0 Å². The van der Waals surface area contributed by atoms with Gasteiger partial charge in [-0.05, 0) is 37.1 Å². The van der Waals surface area contributed by atoms with Gasteiger partial charge in [-0.15, -0.1) is 0 Å². The van der Waals surface area contributed by atoms with Crippen LogP contribution >= 0.6 is 0 Å².